The predicted octanol–water partition coefficient (Wildman–Crippen LogP) is 5.73. The van der Waals surface area contributed by atoms with Crippen LogP contribution in [0.3, 0.4) is 0 Å². The highest BCUT2D eigenvalue weighted by atomic mass is 19.3. The first kappa shape index (κ1) is 34.4. The maximum Gasteiger partial charge on any atom is 0.408 e. The number of halogens is 4. The summed E-state index contributed by atoms with van der Waals surface area (Å²) in [7, 11) is 1.15. The number of alkyl halides is 4. The van der Waals surface area contributed by atoms with Crippen molar-refractivity contribution in [2.24, 2.45) is 11.3 Å². The van der Waals surface area contributed by atoms with Crippen LogP contribution in [-0.2, 0) is 25.0 Å². The molecule has 15 heteroatoms. The minimum absolute atomic E-state index is 0.0150. The van der Waals surface area contributed by atoms with Gasteiger partial charge in [-0.2, -0.15) is 17.6 Å². The maximum absolute atomic E-state index is 16.0. The van der Waals surface area contributed by atoms with Gasteiger partial charge >= 0.3 is 18.7 Å². The molecular weight excluding hydrogens is 628 g/mol. The Labute approximate surface area is 269 Å². The van der Waals surface area contributed by atoms with Crippen molar-refractivity contribution in [3.8, 4) is 11.6 Å². The van der Waals surface area contributed by atoms with Gasteiger partial charge in [-0.15, -0.1) is 0 Å². The van der Waals surface area contributed by atoms with Crippen LogP contribution in [0.4, 0.5) is 22.4 Å². The molecule has 2 aliphatic heterocycles. The van der Waals surface area contributed by atoms with Crippen molar-refractivity contribution in [3.05, 3.63) is 23.9 Å². The van der Waals surface area contributed by atoms with Crippen molar-refractivity contribution >= 4 is 29.0 Å². The van der Waals surface area contributed by atoms with Crippen LogP contribution in [0.25, 0.3) is 11.0 Å². The minimum atomic E-state index is -3.50. The molecule has 1 aromatic heterocycles. The monoisotopic (exact) mass is 668 g/mol. The van der Waals surface area contributed by atoms with E-state index in [0.717, 1.165) is 26.0 Å². The highest BCUT2D eigenvalue weighted by molar-refractivity contribution is 5.91. The number of benzene rings is 1. The van der Waals surface area contributed by atoms with Crippen LogP contribution in [-0.4, -0.2) is 77.4 Å². The number of carbonyl (C=O) groups is 3. The Morgan fingerprint density at radius 3 is 2.51 bits per heavy atom. The smallest absolute Gasteiger partial charge is 0.408 e. The fraction of sp³-hybridized carbons (Fsp3) is 0.656. The van der Waals surface area contributed by atoms with E-state index in [0.29, 0.717) is 19.3 Å². The van der Waals surface area contributed by atoms with Gasteiger partial charge in [0.2, 0.25) is 11.8 Å². The molecule has 47 heavy (non-hydrogen) atoms. The second kappa shape index (κ2) is 13.7. The molecule has 2 aromatic rings. The highest BCUT2D eigenvalue weighted by Gasteiger charge is 2.48. The summed E-state index contributed by atoms with van der Waals surface area (Å²) in [6.07, 6.45) is 0.417. The molecule has 5 rings (SSSR count). The van der Waals surface area contributed by atoms with Crippen LogP contribution in [0.1, 0.15) is 77.8 Å². The first-order valence-corrected chi connectivity index (χ1v) is 15.8. The van der Waals surface area contributed by atoms with Crippen molar-refractivity contribution in [2.75, 3.05) is 13.7 Å². The Hall–Kier alpha value is -3.91. The number of methoxy groups -OCH3 is 1. The molecule has 3 heterocycles. The molecule has 2 bridgehead atoms. The zero-order valence-electron chi connectivity index (χ0n) is 26.8. The summed E-state index contributed by atoms with van der Waals surface area (Å²) in [5.74, 6) is -5.69. The van der Waals surface area contributed by atoms with Gasteiger partial charge < -0.3 is 29.2 Å². The van der Waals surface area contributed by atoms with Crippen molar-refractivity contribution in [2.45, 2.75) is 109 Å². The normalized spacial score (nSPS) is 27.2. The van der Waals surface area contributed by atoms with Gasteiger partial charge in [0, 0.05) is 18.9 Å². The number of hydrogen-bond acceptors (Lipinski definition) is 9. The Bertz CT molecular complexity index is 1490. The second-order valence-electron chi connectivity index (χ2n) is 13.4. The molecule has 1 saturated carbocycles. The van der Waals surface area contributed by atoms with Gasteiger partial charge in [0.15, 0.2) is 5.69 Å². The molecule has 258 valence electrons. The number of amides is 2. The summed E-state index contributed by atoms with van der Waals surface area (Å²) < 4.78 is 78.9. The van der Waals surface area contributed by atoms with E-state index in [1.807, 2.05) is 0 Å². The number of aromatic nitrogens is 2. The standard InChI is InChI=1S/C32H40F4N4O7/c1-31(2,3)25-27(41)40-16-19(15-22(40)28(42)44-4)45-26-24(37-20-12-11-18(46-29(33)34)14-21(20)38-26)32(35,36)13-6-5-8-17-9-7-10-23(17)47-30(43)39-25/h11-12,14,17,19,22-23,25,29H,5-10,13,15-16H2,1-4H3,(H,39,43). The van der Waals surface area contributed by atoms with Crippen LogP contribution in [0, 0.1) is 11.3 Å². The van der Waals surface area contributed by atoms with Gasteiger partial charge in [-0.1, -0.05) is 27.2 Å². The van der Waals surface area contributed by atoms with Crippen LogP contribution in [0.5, 0.6) is 11.6 Å². The van der Waals surface area contributed by atoms with E-state index < -0.39 is 78.2 Å². The third-order valence-corrected chi connectivity index (χ3v) is 9.01. The summed E-state index contributed by atoms with van der Waals surface area (Å²) in [6.45, 7) is 1.91. The number of nitrogens with zero attached hydrogens (tertiary/aromatic N) is 3. The molecule has 1 N–H and O–H groups in total. The molecule has 1 aliphatic carbocycles. The number of fused-ring (bicyclic) bond motifs is 5. The van der Waals surface area contributed by atoms with Crippen LogP contribution >= 0.6 is 0 Å². The Morgan fingerprint density at radius 1 is 1.06 bits per heavy atom. The fourth-order valence-electron chi connectivity index (χ4n) is 6.62. The topological polar surface area (TPSA) is 129 Å². The lowest BCUT2D eigenvalue weighted by molar-refractivity contribution is -0.152. The fourth-order valence-corrected chi connectivity index (χ4v) is 6.62. The summed E-state index contributed by atoms with van der Waals surface area (Å²) >= 11 is 0. The SMILES string of the molecule is COC(=O)C1CC2CN1C(=O)C(C(C)(C)C)NC(=O)OC1CCCC1CCCCC(F)(F)c1nc3ccc(OC(F)F)cc3nc1O2. The van der Waals surface area contributed by atoms with E-state index in [2.05, 4.69) is 20.0 Å². The highest BCUT2D eigenvalue weighted by Crippen LogP contribution is 2.41. The quantitative estimate of drug-likeness (QED) is 0.322. The lowest BCUT2D eigenvalue weighted by atomic mass is 9.85. The summed E-state index contributed by atoms with van der Waals surface area (Å²) in [5.41, 5.74) is -1.57. The average molecular weight is 669 g/mol. The van der Waals surface area contributed by atoms with Gasteiger partial charge in [0.1, 0.15) is 30.0 Å². The second-order valence-corrected chi connectivity index (χ2v) is 13.4. The van der Waals surface area contributed by atoms with Gasteiger partial charge in [-0.05, 0) is 55.6 Å². The van der Waals surface area contributed by atoms with Crippen molar-refractivity contribution in [1.82, 2.24) is 20.2 Å². The first-order valence-electron chi connectivity index (χ1n) is 15.8. The lowest BCUT2D eigenvalue weighted by Crippen LogP contribution is -2.57. The molecule has 2 amide bonds. The number of nitrogens with one attached hydrogen (secondary N) is 1. The van der Waals surface area contributed by atoms with E-state index in [4.69, 9.17) is 14.2 Å². The molecule has 3 aliphatic rings. The summed E-state index contributed by atoms with van der Waals surface area (Å²) in [5, 5.41) is 2.72. The van der Waals surface area contributed by atoms with Crippen molar-refractivity contribution in [3.63, 3.8) is 0 Å². The van der Waals surface area contributed by atoms with Crippen molar-refractivity contribution < 1.29 is 50.9 Å². The molecule has 11 nitrogen and oxygen atoms in total. The van der Waals surface area contributed by atoms with Crippen LogP contribution in [0.15, 0.2) is 18.2 Å². The average Bonchev–Trinajstić information content (AvgIpc) is 3.62. The molecule has 0 radical (unpaired) electrons. The molecular formula is C32H40F4N4O7. The molecule has 5 unspecified atom stereocenters. The number of carbonyl (C=O) groups excluding carboxylic acids is 3. The zero-order valence-corrected chi connectivity index (χ0v) is 26.8. The number of esters is 1. The Kier molecular flexibility index (Phi) is 10.0. The maximum atomic E-state index is 16.0. The first-order chi connectivity index (χ1) is 22.2. The third-order valence-electron chi connectivity index (χ3n) is 9.01. The molecule has 1 aromatic carbocycles. The molecule has 2 fully saturated rings. The lowest BCUT2D eigenvalue weighted by Gasteiger charge is -2.35. The van der Waals surface area contributed by atoms with E-state index in [1.165, 1.54) is 17.0 Å². The van der Waals surface area contributed by atoms with E-state index in [1.54, 1.807) is 20.8 Å². The number of hydrogen-bond donors (Lipinski definition) is 1. The van der Waals surface area contributed by atoms with Gasteiger partial charge in [-0.3, -0.25) is 4.79 Å². The molecule has 5 atom stereocenters. The van der Waals surface area contributed by atoms with E-state index in [-0.39, 0.29) is 42.1 Å². The number of ether oxygens (including phenoxy) is 4. The summed E-state index contributed by atoms with van der Waals surface area (Å²) in [4.78, 5) is 49.7. The number of alkyl carbamates (subject to hydrolysis) is 1. The van der Waals surface area contributed by atoms with E-state index in [9.17, 15) is 23.2 Å². The van der Waals surface area contributed by atoms with Gasteiger partial charge in [0.05, 0.1) is 24.7 Å². The zero-order chi connectivity index (χ0) is 34.1. The Balaban J connectivity index is 1.56. The van der Waals surface area contributed by atoms with Gasteiger partial charge in [0.25, 0.3) is 5.92 Å². The molecule has 0 spiro atoms. The largest absolute Gasteiger partial charge is 0.471 e. The van der Waals surface area contributed by atoms with Crippen molar-refractivity contribution in [1.29, 1.82) is 0 Å². The van der Waals surface area contributed by atoms with Crippen LogP contribution < -0.4 is 14.8 Å². The minimum Gasteiger partial charge on any atom is -0.471 e. The molecule has 1 saturated heterocycles. The summed E-state index contributed by atoms with van der Waals surface area (Å²) in [6, 6.07) is 1.30. The van der Waals surface area contributed by atoms with E-state index >= 15 is 8.78 Å². The van der Waals surface area contributed by atoms with Gasteiger partial charge in [-0.25, -0.2) is 19.6 Å². The third kappa shape index (κ3) is 7.81. The van der Waals surface area contributed by atoms with Crippen LogP contribution in [0.2, 0.25) is 0 Å². The Morgan fingerprint density at radius 2 is 1.81 bits per heavy atom. The number of rotatable bonds is 3. The predicted molar refractivity (Wildman–Crippen MR) is 159 cm³/mol.